The molecule has 148 valence electrons. The number of benzene rings is 2. The fraction of sp³-hybridized carbons (Fsp3) is 0.381. The van der Waals surface area contributed by atoms with Crippen LogP contribution in [0.4, 0.5) is 5.69 Å². The van der Waals surface area contributed by atoms with E-state index in [0.717, 1.165) is 42.0 Å². The van der Waals surface area contributed by atoms with E-state index in [-0.39, 0.29) is 30.7 Å². The number of rotatable bonds is 6. The highest BCUT2D eigenvalue weighted by molar-refractivity contribution is 5.95. The number of carbonyl (C=O) groups is 1. The summed E-state index contributed by atoms with van der Waals surface area (Å²) in [6.07, 6.45) is 2.40. The molecule has 4 nitrogen and oxygen atoms in total. The molecule has 6 heteroatoms. The summed E-state index contributed by atoms with van der Waals surface area (Å²) in [6, 6.07) is 16.5. The van der Waals surface area contributed by atoms with Crippen LogP contribution >= 0.6 is 24.8 Å². The van der Waals surface area contributed by atoms with E-state index in [4.69, 9.17) is 0 Å². The maximum absolute atomic E-state index is 12.5. The van der Waals surface area contributed by atoms with Gasteiger partial charge in [-0.15, -0.1) is 24.8 Å². The molecule has 27 heavy (non-hydrogen) atoms. The second-order valence-electron chi connectivity index (χ2n) is 6.54. The first-order chi connectivity index (χ1) is 12.2. The van der Waals surface area contributed by atoms with Crippen LogP contribution in [0.15, 0.2) is 48.5 Å². The van der Waals surface area contributed by atoms with Gasteiger partial charge in [0.15, 0.2) is 0 Å². The smallest absolute Gasteiger partial charge is 0.251 e. The molecule has 2 N–H and O–H groups in total. The second kappa shape index (κ2) is 11.2. The lowest BCUT2D eigenvalue weighted by atomic mass is 10.0. The molecule has 1 fully saturated rings. The topological polar surface area (TPSA) is 44.4 Å². The third-order valence-electron chi connectivity index (χ3n) is 5.04. The van der Waals surface area contributed by atoms with Gasteiger partial charge in [0.05, 0.1) is 0 Å². The molecular formula is C21H29Cl2N3O. The average Bonchev–Trinajstić information content (AvgIpc) is 3.14. The predicted molar refractivity (Wildman–Crippen MR) is 119 cm³/mol. The number of nitrogens with zero attached hydrogens (tertiary/aromatic N) is 1. The Labute approximate surface area is 174 Å². The van der Waals surface area contributed by atoms with Crippen molar-refractivity contribution in [3.05, 3.63) is 54.1 Å². The molecule has 0 bridgehead atoms. The molecule has 0 aliphatic carbocycles. The monoisotopic (exact) mass is 409 g/mol. The minimum Gasteiger partial charge on any atom is -0.388 e. The number of likely N-dealkylation sites (N-methyl/N-ethyl adjacent to an activating group) is 1. The van der Waals surface area contributed by atoms with Crippen molar-refractivity contribution in [1.82, 2.24) is 10.2 Å². The molecular weight excluding hydrogens is 381 g/mol. The summed E-state index contributed by atoms with van der Waals surface area (Å²) >= 11 is 0. The van der Waals surface area contributed by atoms with Crippen LogP contribution in [-0.2, 0) is 0 Å². The molecule has 0 spiro atoms. The quantitative estimate of drug-likeness (QED) is 0.740. The average molecular weight is 410 g/mol. The Morgan fingerprint density at radius 2 is 1.85 bits per heavy atom. The summed E-state index contributed by atoms with van der Waals surface area (Å²) in [7, 11) is 1.91. The summed E-state index contributed by atoms with van der Waals surface area (Å²) < 4.78 is 0. The van der Waals surface area contributed by atoms with E-state index in [2.05, 4.69) is 34.6 Å². The van der Waals surface area contributed by atoms with Crippen molar-refractivity contribution in [1.29, 1.82) is 0 Å². The van der Waals surface area contributed by atoms with Crippen molar-refractivity contribution in [3.63, 3.8) is 0 Å². The largest absolute Gasteiger partial charge is 0.388 e. The van der Waals surface area contributed by atoms with Crippen molar-refractivity contribution in [3.8, 4) is 11.1 Å². The lowest BCUT2D eigenvalue weighted by Crippen LogP contribution is -2.40. The molecule has 2 aromatic rings. The van der Waals surface area contributed by atoms with Gasteiger partial charge < -0.3 is 10.6 Å². The Hall–Kier alpha value is -1.75. The minimum absolute atomic E-state index is 0. The zero-order valence-corrected chi connectivity index (χ0v) is 17.5. The van der Waals surface area contributed by atoms with Crippen LogP contribution in [-0.4, -0.2) is 43.5 Å². The number of carbonyl (C=O) groups excluding carboxylic acids is 1. The number of anilines is 1. The molecule has 1 amide bonds. The Balaban J connectivity index is 0.00000182. The van der Waals surface area contributed by atoms with Crippen molar-refractivity contribution in [2.75, 3.05) is 32.0 Å². The number of halogens is 2. The first-order valence-electron chi connectivity index (χ1n) is 9.11. The zero-order chi connectivity index (χ0) is 17.6. The second-order valence-corrected chi connectivity index (χ2v) is 6.54. The number of nitrogens with one attached hydrogen (secondary N) is 2. The number of hydrogen-bond donors (Lipinski definition) is 2. The molecule has 1 aliphatic rings. The van der Waals surface area contributed by atoms with Crippen LogP contribution in [0.3, 0.4) is 0 Å². The summed E-state index contributed by atoms with van der Waals surface area (Å²) in [5.41, 5.74) is 3.97. The van der Waals surface area contributed by atoms with Crippen molar-refractivity contribution in [2.45, 2.75) is 25.8 Å². The lowest BCUT2D eigenvalue weighted by Gasteiger charge is -2.22. The third kappa shape index (κ3) is 5.86. The van der Waals surface area contributed by atoms with Crippen molar-refractivity contribution >= 4 is 36.4 Å². The Morgan fingerprint density at radius 3 is 2.52 bits per heavy atom. The van der Waals surface area contributed by atoms with Gasteiger partial charge in [0.25, 0.3) is 5.91 Å². The van der Waals surface area contributed by atoms with E-state index in [0.29, 0.717) is 6.04 Å². The predicted octanol–water partition coefficient (Wildman–Crippen LogP) is 4.45. The molecule has 0 aromatic heterocycles. The van der Waals surface area contributed by atoms with Crippen LogP contribution in [0, 0.1) is 0 Å². The molecule has 2 aromatic carbocycles. The van der Waals surface area contributed by atoms with Crippen LogP contribution in [0.1, 0.15) is 30.1 Å². The first-order valence-corrected chi connectivity index (χ1v) is 9.11. The molecule has 1 aliphatic heterocycles. The molecule has 1 heterocycles. The Bertz CT molecular complexity index is 722. The summed E-state index contributed by atoms with van der Waals surface area (Å²) in [5.74, 6) is 0.0108. The number of hydrogen-bond acceptors (Lipinski definition) is 3. The van der Waals surface area contributed by atoms with Gasteiger partial charge in [0.1, 0.15) is 0 Å². The van der Waals surface area contributed by atoms with Gasteiger partial charge in [-0.05, 0) is 61.3 Å². The first kappa shape index (κ1) is 23.3. The summed E-state index contributed by atoms with van der Waals surface area (Å²) in [5, 5.41) is 6.23. The normalized spacial score (nSPS) is 16.1. The van der Waals surface area contributed by atoms with Crippen LogP contribution in [0.25, 0.3) is 11.1 Å². The Morgan fingerprint density at radius 1 is 1.11 bits per heavy atom. The number of likely N-dealkylation sites (tertiary alicyclic amines) is 1. The maximum atomic E-state index is 12.5. The lowest BCUT2D eigenvalue weighted by molar-refractivity contribution is 0.0941. The third-order valence-corrected chi connectivity index (χ3v) is 5.04. The van der Waals surface area contributed by atoms with Gasteiger partial charge in [-0.25, -0.2) is 0 Å². The van der Waals surface area contributed by atoms with Crippen molar-refractivity contribution in [2.24, 2.45) is 0 Å². The molecule has 0 radical (unpaired) electrons. The van der Waals surface area contributed by atoms with Crippen LogP contribution < -0.4 is 10.6 Å². The van der Waals surface area contributed by atoms with Gasteiger partial charge in [-0.3, -0.25) is 9.69 Å². The van der Waals surface area contributed by atoms with E-state index >= 15 is 0 Å². The fourth-order valence-corrected chi connectivity index (χ4v) is 3.52. The molecule has 1 atom stereocenters. The minimum atomic E-state index is 0. The van der Waals surface area contributed by atoms with E-state index < -0.39 is 0 Å². The van der Waals surface area contributed by atoms with Gasteiger partial charge >= 0.3 is 0 Å². The van der Waals surface area contributed by atoms with E-state index in [1.807, 2.05) is 43.4 Å². The zero-order valence-electron chi connectivity index (χ0n) is 15.9. The van der Waals surface area contributed by atoms with Gasteiger partial charge in [-0.1, -0.05) is 31.2 Å². The highest BCUT2D eigenvalue weighted by Crippen LogP contribution is 2.22. The number of amides is 1. The van der Waals surface area contributed by atoms with Crippen LogP contribution in [0.2, 0.25) is 0 Å². The van der Waals surface area contributed by atoms with Gasteiger partial charge in [0.2, 0.25) is 0 Å². The Kier molecular flexibility index (Phi) is 9.64. The molecule has 0 saturated carbocycles. The highest BCUT2D eigenvalue weighted by atomic mass is 35.5. The standard InChI is InChI=1S/C21H27N3O.2ClH/c1-3-24-13-5-8-20(24)15-23-21(25)18-7-4-6-17(14-18)16-9-11-19(22-2)12-10-16;;/h4,6-7,9-12,14,20,22H,3,5,8,13,15H2,1-2H3,(H,23,25);2*1H. The fourth-order valence-electron chi connectivity index (χ4n) is 3.52. The highest BCUT2D eigenvalue weighted by Gasteiger charge is 2.23. The molecule has 1 unspecified atom stereocenters. The van der Waals surface area contributed by atoms with Crippen LogP contribution in [0.5, 0.6) is 0 Å². The maximum Gasteiger partial charge on any atom is 0.251 e. The van der Waals surface area contributed by atoms with Crippen molar-refractivity contribution < 1.29 is 4.79 Å². The molecule has 1 saturated heterocycles. The van der Waals surface area contributed by atoms with Gasteiger partial charge in [-0.2, -0.15) is 0 Å². The van der Waals surface area contributed by atoms with E-state index in [1.165, 1.54) is 12.8 Å². The summed E-state index contributed by atoms with van der Waals surface area (Å²) in [4.78, 5) is 15.0. The SMILES string of the molecule is CCN1CCCC1CNC(=O)c1cccc(-c2ccc(NC)cc2)c1.Cl.Cl. The van der Waals surface area contributed by atoms with E-state index in [1.54, 1.807) is 0 Å². The molecule has 3 rings (SSSR count). The van der Waals surface area contributed by atoms with E-state index in [9.17, 15) is 4.79 Å². The summed E-state index contributed by atoms with van der Waals surface area (Å²) in [6.45, 7) is 5.12. The van der Waals surface area contributed by atoms with Gasteiger partial charge in [0, 0.05) is 30.9 Å².